The molecule has 2 aliphatic rings. The Balaban J connectivity index is 1.53. The van der Waals surface area contributed by atoms with E-state index in [9.17, 15) is 14.9 Å². The molecule has 2 aromatic rings. The van der Waals surface area contributed by atoms with Crippen LogP contribution in [0.5, 0.6) is 0 Å². The number of carbonyl (C=O) groups is 1. The molecular formula is C24H29N3O3. The molecule has 2 unspecified atom stereocenters. The van der Waals surface area contributed by atoms with Gasteiger partial charge in [0.2, 0.25) is 0 Å². The van der Waals surface area contributed by atoms with Crippen LogP contribution in [0, 0.1) is 23.0 Å². The minimum atomic E-state index is -0.438. The average Bonchev–Trinajstić information content (AvgIpc) is 3.18. The summed E-state index contributed by atoms with van der Waals surface area (Å²) in [6.45, 7) is 6.82. The highest BCUT2D eigenvalue weighted by atomic mass is 16.6. The van der Waals surface area contributed by atoms with E-state index < -0.39 is 4.92 Å². The minimum Gasteiger partial charge on any atom is -0.338 e. The third-order valence-corrected chi connectivity index (χ3v) is 6.50. The van der Waals surface area contributed by atoms with Gasteiger partial charge in [0.05, 0.1) is 4.92 Å². The molecule has 0 aromatic heterocycles. The van der Waals surface area contributed by atoms with Crippen molar-refractivity contribution in [2.24, 2.45) is 5.92 Å². The number of aryl methyl sites for hydroxylation is 1. The minimum absolute atomic E-state index is 0.00785. The fourth-order valence-electron chi connectivity index (χ4n) is 4.80. The Bertz CT molecular complexity index is 889. The predicted molar refractivity (Wildman–Crippen MR) is 117 cm³/mol. The molecule has 0 N–H and O–H groups in total. The molecule has 0 radical (unpaired) electrons. The second-order valence-corrected chi connectivity index (χ2v) is 8.65. The van der Waals surface area contributed by atoms with Gasteiger partial charge in [-0.2, -0.15) is 0 Å². The van der Waals surface area contributed by atoms with E-state index in [0.717, 1.165) is 26.2 Å². The largest absolute Gasteiger partial charge is 0.338 e. The summed E-state index contributed by atoms with van der Waals surface area (Å²) in [5, 5.41) is 10.9. The van der Waals surface area contributed by atoms with Gasteiger partial charge in [-0.15, -0.1) is 0 Å². The molecule has 1 amide bonds. The number of amides is 1. The molecule has 0 aliphatic carbocycles. The Labute approximate surface area is 177 Å². The second kappa shape index (κ2) is 8.96. The number of nitro benzene ring substituents is 1. The van der Waals surface area contributed by atoms with Gasteiger partial charge in [-0.05, 0) is 56.5 Å². The smallest absolute Gasteiger partial charge is 0.269 e. The van der Waals surface area contributed by atoms with Crippen molar-refractivity contribution < 1.29 is 9.72 Å². The van der Waals surface area contributed by atoms with Crippen LogP contribution >= 0.6 is 0 Å². The lowest BCUT2D eigenvalue weighted by Gasteiger charge is -2.31. The summed E-state index contributed by atoms with van der Waals surface area (Å²) >= 11 is 0. The summed E-state index contributed by atoms with van der Waals surface area (Å²) < 4.78 is 0. The van der Waals surface area contributed by atoms with Gasteiger partial charge >= 0.3 is 0 Å². The fraction of sp³-hybridized carbons (Fsp3) is 0.458. The number of piperidine rings is 1. The summed E-state index contributed by atoms with van der Waals surface area (Å²) in [4.78, 5) is 28.1. The van der Waals surface area contributed by atoms with Crippen molar-refractivity contribution in [3.05, 3.63) is 75.3 Å². The summed E-state index contributed by atoms with van der Waals surface area (Å²) in [5.74, 6) is 0.672. The van der Waals surface area contributed by atoms with Crippen molar-refractivity contribution in [3.8, 4) is 0 Å². The highest BCUT2D eigenvalue weighted by molar-refractivity contribution is 5.94. The van der Waals surface area contributed by atoms with Gasteiger partial charge in [-0.1, -0.05) is 36.2 Å². The highest BCUT2D eigenvalue weighted by Crippen LogP contribution is 2.35. The van der Waals surface area contributed by atoms with Crippen LogP contribution in [-0.4, -0.2) is 53.4 Å². The molecule has 2 aliphatic heterocycles. The second-order valence-electron chi connectivity index (χ2n) is 8.65. The molecule has 0 saturated carbocycles. The third kappa shape index (κ3) is 4.54. The number of nitro groups is 1. The standard InChI is InChI=1S/C24H29N3O3/c1-18-5-7-19(8-6-18)23-17-26(16-21(23)15-25-13-3-2-4-14-25)24(28)20-9-11-22(12-10-20)27(29)30/h5-12,21,23H,2-4,13-17H2,1H3. The van der Waals surface area contributed by atoms with E-state index in [-0.39, 0.29) is 11.6 Å². The van der Waals surface area contributed by atoms with E-state index in [4.69, 9.17) is 0 Å². The van der Waals surface area contributed by atoms with Gasteiger partial charge in [-0.25, -0.2) is 0 Å². The van der Waals surface area contributed by atoms with Crippen molar-refractivity contribution in [3.63, 3.8) is 0 Å². The quantitative estimate of drug-likeness (QED) is 0.549. The van der Waals surface area contributed by atoms with Crippen molar-refractivity contribution in [1.82, 2.24) is 9.80 Å². The number of rotatable bonds is 5. The van der Waals surface area contributed by atoms with E-state index in [1.807, 2.05) is 4.90 Å². The molecule has 2 aromatic carbocycles. The molecule has 0 bridgehead atoms. The van der Waals surface area contributed by atoms with Crippen LogP contribution in [-0.2, 0) is 0 Å². The van der Waals surface area contributed by atoms with Gasteiger partial charge in [0, 0.05) is 43.2 Å². The first-order valence-electron chi connectivity index (χ1n) is 10.8. The molecule has 6 heteroatoms. The van der Waals surface area contributed by atoms with Crippen LogP contribution in [0.3, 0.4) is 0 Å². The fourth-order valence-corrected chi connectivity index (χ4v) is 4.80. The van der Waals surface area contributed by atoms with Crippen LogP contribution in [0.4, 0.5) is 5.69 Å². The zero-order chi connectivity index (χ0) is 21.1. The van der Waals surface area contributed by atoms with Crippen LogP contribution < -0.4 is 0 Å². The van der Waals surface area contributed by atoms with Crippen LogP contribution in [0.15, 0.2) is 48.5 Å². The monoisotopic (exact) mass is 407 g/mol. The first-order valence-corrected chi connectivity index (χ1v) is 10.8. The van der Waals surface area contributed by atoms with Crippen molar-refractivity contribution >= 4 is 11.6 Å². The molecule has 30 heavy (non-hydrogen) atoms. The third-order valence-electron chi connectivity index (χ3n) is 6.50. The van der Waals surface area contributed by atoms with Gasteiger partial charge in [0.15, 0.2) is 0 Å². The molecular weight excluding hydrogens is 378 g/mol. The van der Waals surface area contributed by atoms with Gasteiger partial charge in [0.1, 0.15) is 0 Å². The lowest BCUT2D eigenvalue weighted by atomic mass is 9.88. The average molecular weight is 408 g/mol. The van der Waals surface area contributed by atoms with Crippen molar-refractivity contribution in [2.75, 3.05) is 32.7 Å². The van der Waals surface area contributed by atoms with E-state index >= 15 is 0 Å². The number of non-ortho nitro benzene ring substituents is 1. The molecule has 4 rings (SSSR count). The Kier molecular flexibility index (Phi) is 6.13. The van der Waals surface area contributed by atoms with E-state index in [2.05, 4.69) is 36.1 Å². The Morgan fingerprint density at radius 1 is 1.00 bits per heavy atom. The molecule has 2 saturated heterocycles. The first-order chi connectivity index (χ1) is 14.5. The summed E-state index contributed by atoms with van der Waals surface area (Å²) in [6, 6.07) is 14.6. The zero-order valence-corrected chi connectivity index (χ0v) is 17.5. The number of benzene rings is 2. The summed E-state index contributed by atoms with van der Waals surface area (Å²) in [6.07, 6.45) is 3.83. The van der Waals surface area contributed by atoms with Crippen molar-refractivity contribution in [2.45, 2.75) is 32.1 Å². The van der Waals surface area contributed by atoms with Gasteiger partial charge in [0.25, 0.3) is 11.6 Å². The molecule has 0 spiro atoms. The van der Waals surface area contributed by atoms with Crippen molar-refractivity contribution in [1.29, 1.82) is 0 Å². The Hall–Kier alpha value is -2.73. The summed E-state index contributed by atoms with van der Waals surface area (Å²) in [5.41, 5.74) is 3.06. The van der Waals surface area contributed by atoms with Crippen LogP contribution in [0.1, 0.15) is 46.7 Å². The van der Waals surface area contributed by atoms with Crippen LogP contribution in [0.2, 0.25) is 0 Å². The van der Waals surface area contributed by atoms with E-state index in [0.29, 0.717) is 23.9 Å². The molecule has 6 nitrogen and oxygen atoms in total. The Morgan fingerprint density at radius 3 is 2.30 bits per heavy atom. The first kappa shape index (κ1) is 20.5. The lowest BCUT2D eigenvalue weighted by molar-refractivity contribution is -0.384. The lowest BCUT2D eigenvalue weighted by Crippen LogP contribution is -2.36. The highest BCUT2D eigenvalue weighted by Gasteiger charge is 2.37. The maximum Gasteiger partial charge on any atom is 0.269 e. The number of carbonyl (C=O) groups excluding carboxylic acids is 1. The number of hydrogen-bond acceptors (Lipinski definition) is 4. The maximum atomic E-state index is 13.1. The summed E-state index contributed by atoms with van der Waals surface area (Å²) in [7, 11) is 0. The zero-order valence-electron chi connectivity index (χ0n) is 17.5. The topological polar surface area (TPSA) is 66.7 Å². The number of nitrogens with zero attached hydrogens (tertiary/aromatic N) is 3. The van der Waals surface area contributed by atoms with Gasteiger partial charge in [-0.3, -0.25) is 14.9 Å². The molecule has 2 atom stereocenters. The predicted octanol–water partition coefficient (Wildman–Crippen LogP) is 4.24. The maximum absolute atomic E-state index is 13.1. The van der Waals surface area contributed by atoms with Crippen LogP contribution in [0.25, 0.3) is 0 Å². The number of likely N-dealkylation sites (tertiary alicyclic amines) is 2. The van der Waals surface area contributed by atoms with Gasteiger partial charge < -0.3 is 9.80 Å². The molecule has 2 heterocycles. The Morgan fingerprint density at radius 2 is 1.67 bits per heavy atom. The molecule has 2 fully saturated rings. The SMILES string of the molecule is Cc1ccc(C2CN(C(=O)c3ccc([N+](=O)[O-])cc3)CC2CN2CCCCC2)cc1. The molecule has 158 valence electrons. The van der Waals surface area contributed by atoms with E-state index in [1.54, 1.807) is 12.1 Å². The number of hydrogen-bond donors (Lipinski definition) is 0. The van der Waals surface area contributed by atoms with E-state index in [1.165, 1.54) is 42.5 Å². The normalized spacial score (nSPS) is 22.2.